The van der Waals surface area contributed by atoms with Gasteiger partial charge in [-0.15, -0.1) is 0 Å². The monoisotopic (exact) mass is 653 g/mol. The Labute approximate surface area is 269 Å². The number of benzene rings is 4. The molecule has 47 heavy (non-hydrogen) atoms. The number of hydrogen-bond donors (Lipinski definition) is 2. The van der Waals surface area contributed by atoms with Crippen LogP contribution in [0.25, 0.3) is 17.2 Å². The van der Waals surface area contributed by atoms with E-state index >= 15 is 0 Å². The number of nitrogens with two attached hydrogens (primary N) is 2. The van der Waals surface area contributed by atoms with Gasteiger partial charge in [0.05, 0.1) is 12.2 Å². The van der Waals surface area contributed by atoms with Gasteiger partial charge in [0.15, 0.2) is 0 Å². The molecule has 0 bridgehead atoms. The number of esters is 1. The second-order valence-electron chi connectivity index (χ2n) is 10.8. The standard InChI is InChI=1S/C36H34F5N2O4/c1-24-21-28(42)10-16-32(24)33-17-11-29(43)22-26(33)23-46-34(44)18-7-25-5-12-31(13-6-25)47-36(40,41)27-8-14-30(15-9-27)45-20-4-2-3-19-35(37,38)39/h5-18,21-22H,1-4,19-20,23,42-43H2/b18-7+. The van der Waals surface area contributed by atoms with Crippen LogP contribution in [0, 0.1) is 6.92 Å². The summed E-state index contributed by atoms with van der Waals surface area (Å²) in [4.78, 5) is 12.5. The van der Waals surface area contributed by atoms with Gasteiger partial charge in [-0.1, -0.05) is 24.3 Å². The number of ether oxygens (including phenoxy) is 3. The Bertz CT molecular complexity index is 1670. The molecule has 0 saturated carbocycles. The first kappa shape index (κ1) is 34.8. The molecule has 0 unspecified atom stereocenters. The summed E-state index contributed by atoms with van der Waals surface area (Å²) in [6.07, 6.45) is -5.21. The fraction of sp³-hybridized carbons (Fsp3) is 0.222. The van der Waals surface area contributed by atoms with Crippen molar-refractivity contribution < 1.29 is 41.0 Å². The predicted molar refractivity (Wildman–Crippen MR) is 171 cm³/mol. The minimum atomic E-state index is -4.18. The Hall–Kier alpha value is -5.06. The molecule has 6 nitrogen and oxygen atoms in total. The molecular weight excluding hydrogens is 619 g/mol. The van der Waals surface area contributed by atoms with Gasteiger partial charge in [-0.05, 0) is 121 Å². The molecule has 0 amide bonds. The van der Waals surface area contributed by atoms with Gasteiger partial charge >= 0.3 is 18.3 Å². The molecule has 0 aliphatic rings. The van der Waals surface area contributed by atoms with Gasteiger partial charge in [-0.25, -0.2) is 4.79 Å². The minimum absolute atomic E-state index is 0.00958. The average molecular weight is 654 g/mol. The van der Waals surface area contributed by atoms with E-state index in [0.29, 0.717) is 46.7 Å². The van der Waals surface area contributed by atoms with Gasteiger partial charge in [0.25, 0.3) is 0 Å². The summed E-state index contributed by atoms with van der Waals surface area (Å²) in [5.41, 5.74) is 16.0. The van der Waals surface area contributed by atoms with Crippen LogP contribution in [0.4, 0.5) is 33.3 Å². The topological polar surface area (TPSA) is 96.8 Å². The third kappa shape index (κ3) is 10.8. The molecule has 4 aromatic carbocycles. The molecular formula is C36H34F5N2O4. The van der Waals surface area contributed by atoms with Gasteiger partial charge in [-0.2, -0.15) is 22.0 Å². The molecule has 11 heteroatoms. The van der Waals surface area contributed by atoms with Gasteiger partial charge in [-0.3, -0.25) is 0 Å². The van der Waals surface area contributed by atoms with Crippen molar-refractivity contribution in [3.8, 4) is 22.6 Å². The first-order valence-corrected chi connectivity index (χ1v) is 14.7. The summed E-state index contributed by atoms with van der Waals surface area (Å²) in [7, 11) is 0. The summed E-state index contributed by atoms with van der Waals surface area (Å²) < 4.78 is 81.9. The van der Waals surface area contributed by atoms with E-state index in [1.54, 1.807) is 24.3 Å². The fourth-order valence-electron chi connectivity index (χ4n) is 4.63. The Kier molecular flexibility index (Phi) is 11.5. The highest BCUT2D eigenvalue weighted by Crippen LogP contribution is 2.33. The number of unbranched alkanes of at least 4 members (excludes halogenated alkanes) is 2. The molecule has 1 radical (unpaired) electrons. The number of halogens is 5. The van der Waals surface area contributed by atoms with Crippen LogP contribution in [0.2, 0.25) is 0 Å². The lowest BCUT2D eigenvalue weighted by Gasteiger charge is -2.18. The van der Waals surface area contributed by atoms with Crippen LogP contribution in [0.15, 0.2) is 91.0 Å². The van der Waals surface area contributed by atoms with Crippen molar-refractivity contribution in [2.75, 3.05) is 18.1 Å². The van der Waals surface area contributed by atoms with Crippen LogP contribution in [-0.4, -0.2) is 18.8 Å². The van der Waals surface area contributed by atoms with E-state index in [0.717, 1.165) is 23.3 Å². The van der Waals surface area contributed by atoms with Crippen LogP contribution in [-0.2, 0) is 22.2 Å². The zero-order valence-electron chi connectivity index (χ0n) is 25.4. The lowest BCUT2D eigenvalue weighted by Crippen LogP contribution is -2.21. The third-order valence-electron chi connectivity index (χ3n) is 7.02. The van der Waals surface area contributed by atoms with Gasteiger partial charge in [0.2, 0.25) is 0 Å². The molecule has 4 rings (SSSR count). The smallest absolute Gasteiger partial charge is 0.426 e. The van der Waals surface area contributed by atoms with E-state index in [9.17, 15) is 26.7 Å². The molecule has 4 aromatic rings. The number of hydrogen-bond acceptors (Lipinski definition) is 6. The van der Waals surface area contributed by atoms with Crippen LogP contribution >= 0.6 is 0 Å². The van der Waals surface area contributed by atoms with Crippen LogP contribution in [0.1, 0.15) is 47.9 Å². The maximum Gasteiger partial charge on any atom is 0.426 e. The van der Waals surface area contributed by atoms with Crippen LogP contribution in [0.3, 0.4) is 0 Å². The molecule has 4 N–H and O–H groups in total. The van der Waals surface area contributed by atoms with E-state index in [2.05, 4.69) is 6.92 Å². The van der Waals surface area contributed by atoms with Crippen molar-refractivity contribution in [2.45, 2.75) is 44.6 Å². The molecule has 0 spiro atoms. The Balaban J connectivity index is 1.27. The van der Waals surface area contributed by atoms with Crippen molar-refractivity contribution in [2.24, 2.45) is 0 Å². The van der Waals surface area contributed by atoms with Crippen molar-refractivity contribution >= 4 is 23.4 Å². The first-order chi connectivity index (χ1) is 22.3. The second kappa shape index (κ2) is 15.5. The number of rotatable bonds is 14. The Morgan fingerprint density at radius 2 is 1.40 bits per heavy atom. The highest BCUT2D eigenvalue weighted by molar-refractivity contribution is 5.87. The van der Waals surface area contributed by atoms with E-state index < -0.39 is 30.2 Å². The zero-order chi connectivity index (χ0) is 34.0. The molecule has 0 atom stereocenters. The molecule has 0 aliphatic carbocycles. The summed E-state index contributed by atoms with van der Waals surface area (Å²) in [6.45, 7) is 4.16. The van der Waals surface area contributed by atoms with Crippen molar-refractivity contribution in [1.29, 1.82) is 0 Å². The van der Waals surface area contributed by atoms with Crippen molar-refractivity contribution in [3.05, 3.63) is 120 Å². The normalized spacial score (nSPS) is 11.9. The number of carbonyl (C=O) groups is 1. The van der Waals surface area contributed by atoms with Gasteiger partial charge < -0.3 is 25.7 Å². The molecule has 247 valence electrons. The summed E-state index contributed by atoms with van der Waals surface area (Å²) >= 11 is 0. The SMILES string of the molecule is [CH2]c1cc(N)ccc1-c1ccc(N)cc1COC(=O)/C=C/c1ccc(OC(F)(F)c2ccc(OCCCCCC(F)(F)F)cc2)cc1. The highest BCUT2D eigenvalue weighted by Gasteiger charge is 2.34. The Morgan fingerprint density at radius 3 is 2.06 bits per heavy atom. The fourth-order valence-corrected chi connectivity index (χ4v) is 4.63. The number of carbonyl (C=O) groups excluding carboxylic acids is 1. The molecule has 0 fully saturated rings. The lowest BCUT2D eigenvalue weighted by atomic mass is 9.95. The molecule has 0 aliphatic heterocycles. The second-order valence-corrected chi connectivity index (χ2v) is 10.8. The number of alkyl halides is 5. The minimum Gasteiger partial charge on any atom is -0.494 e. The quantitative estimate of drug-likeness (QED) is 0.0463. The van der Waals surface area contributed by atoms with Crippen molar-refractivity contribution in [1.82, 2.24) is 0 Å². The lowest BCUT2D eigenvalue weighted by molar-refractivity contribution is -0.185. The first-order valence-electron chi connectivity index (χ1n) is 14.7. The third-order valence-corrected chi connectivity index (χ3v) is 7.02. The maximum absolute atomic E-state index is 14.8. The predicted octanol–water partition coefficient (Wildman–Crippen LogP) is 9.09. The summed E-state index contributed by atoms with van der Waals surface area (Å²) in [5.74, 6) is -0.403. The highest BCUT2D eigenvalue weighted by atomic mass is 19.4. The largest absolute Gasteiger partial charge is 0.494 e. The maximum atomic E-state index is 14.8. The van der Waals surface area contributed by atoms with Crippen molar-refractivity contribution in [3.63, 3.8) is 0 Å². The molecule has 0 saturated heterocycles. The molecule has 0 heterocycles. The van der Waals surface area contributed by atoms with E-state index in [4.69, 9.17) is 25.7 Å². The molecule has 0 aromatic heterocycles. The van der Waals surface area contributed by atoms with E-state index in [-0.39, 0.29) is 25.4 Å². The number of nitrogen functional groups attached to an aromatic ring is 2. The van der Waals surface area contributed by atoms with E-state index in [1.165, 1.54) is 48.6 Å². The average Bonchev–Trinajstić information content (AvgIpc) is 3.01. The van der Waals surface area contributed by atoms with Gasteiger partial charge in [0.1, 0.15) is 18.1 Å². The Morgan fingerprint density at radius 1 is 0.766 bits per heavy atom. The van der Waals surface area contributed by atoms with Gasteiger partial charge in [0, 0.05) is 23.9 Å². The van der Waals surface area contributed by atoms with E-state index in [1.807, 2.05) is 12.1 Å². The van der Waals surface area contributed by atoms with Crippen LogP contribution < -0.4 is 20.9 Å². The van der Waals surface area contributed by atoms with Crippen LogP contribution in [0.5, 0.6) is 11.5 Å². The zero-order valence-corrected chi connectivity index (χ0v) is 25.4. The summed E-state index contributed by atoms with van der Waals surface area (Å²) in [5, 5.41) is 0. The number of anilines is 2. The summed E-state index contributed by atoms with van der Waals surface area (Å²) in [6, 6.07) is 21.3.